The molecule has 0 saturated carbocycles. The normalized spacial score (nSPS) is 29.9. The van der Waals surface area contributed by atoms with Crippen LogP contribution in [0.15, 0.2) is 24.3 Å². The second-order valence-electron chi connectivity index (χ2n) is 5.42. The van der Waals surface area contributed by atoms with Crippen LogP contribution in [0.3, 0.4) is 0 Å². The molecule has 2 fully saturated rings. The third kappa shape index (κ3) is 1.87. The van der Waals surface area contributed by atoms with E-state index in [-0.39, 0.29) is 11.9 Å². The molecule has 2 atom stereocenters. The molecule has 2 N–H and O–H groups in total. The van der Waals surface area contributed by atoms with Crippen LogP contribution in [0.25, 0.3) is 0 Å². The van der Waals surface area contributed by atoms with Crippen LogP contribution in [0, 0.1) is 5.82 Å². The van der Waals surface area contributed by atoms with Crippen molar-refractivity contribution in [2.75, 3.05) is 11.4 Å². The topological polar surface area (TPSA) is 61.4 Å². The van der Waals surface area contributed by atoms with Crippen LogP contribution in [0.2, 0.25) is 0 Å². The standard InChI is InChI=1S/C14H16FN3O2/c1-9-8-14(5-6-16-9)12(19)17-13(20)18(14)11-4-2-3-10(15)7-11/h2-4,7,9,16H,5-6,8H2,1H3,(H,17,19,20)/t9-,14+/m0/s1. The zero-order valence-corrected chi connectivity index (χ0v) is 11.1. The number of hydrogen-bond donors (Lipinski definition) is 2. The molecule has 0 radical (unpaired) electrons. The maximum atomic E-state index is 13.4. The van der Waals surface area contributed by atoms with Gasteiger partial charge in [0, 0.05) is 11.7 Å². The van der Waals surface area contributed by atoms with Gasteiger partial charge in [-0.2, -0.15) is 0 Å². The summed E-state index contributed by atoms with van der Waals surface area (Å²) in [6.07, 6.45) is 1.03. The van der Waals surface area contributed by atoms with Crippen LogP contribution in [-0.2, 0) is 4.79 Å². The van der Waals surface area contributed by atoms with E-state index in [1.54, 1.807) is 12.1 Å². The van der Waals surface area contributed by atoms with Gasteiger partial charge >= 0.3 is 6.03 Å². The molecular weight excluding hydrogens is 261 g/mol. The lowest BCUT2D eigenvalue weighted by Gasteiger charge is -2.41. The Balaban J connectivity index is 2.06. The van der Waals surface area contributed by atoms with E-state index in [1.807, 2.05) is 6.92 Å². The van der Waals surface area contributed by atoms with Crippen molar-refractivity contribution in [1.82, 2.24) is 10.6 Å². The number of hydrogen-bond acceptors (Lipinski definition) is 3. The summed E-state index contributed by atoms with van der Waals surface area (Å²) in [4.78, 5) is 25.8. The number of halogens is 1. The average molecular weight is 277 g/mol. The Morgan fingerprint density at radius 3 is 2.90 bits per heavy atom. The summed E-state index contributed by atoms with van der Waals surface area (Å²) < 4.78 is 13.4. The predicted octanol–water partition coefficient (Wildman–Crippen LogP) is 1.39. The fraction of sp³-hybridized carbons (Fsp3) is 0.429. The maximum absolute atomic E-state index is 13.4. The molecule has 2 saturated heterocycles. The minimum Gasteiger partial charge on any atom is -0.314 e. The van der Waals surface area contributed by atoms with Gasteiger partial charge in [0.2, 0.25) is 0 Å². The number of rotatable bonds is 1. The molecule has 0 aromatic heterocycles. The second-order valence-corrected chi connectivity index (χ2v) is 5.42. The highest BCUT2D eigenvalue weighted by Crippen LogP contribution is 2.37. The molecular formula is C14H16FN3O2. The van der Waals surface area contributed by atoms with Crippen LogP contribution >= 0.6 is 0 Å². The van der Waals surface area contributed by atoms with E-state index >= 15 is 0 Å². The van der Waals surface area contributed by atoms with Gasteiger partial charge < -0.3 is 5.32 Å². The molecule has 1 spiro atoms. The quantitative estimate of drug-likeness (QED) is 0.763. The van der Waals surface area contributed by atoms with Crippen molar-refractivity contribution in [3.63, 3.8) is 0 Å². The molecule has 0 unspecified atom stereocenters. The first-order chi connectivity index (χ1) is 9.53. The van der Waals surface area contributed by atoms with Crippen LogP contribution in [0.1, 0.15) is 19.8 Å². The van der Waals surface area contributed by atoms with Crippen molar-refractivity contribution in [1.29, 1.82) is 0 Å². The average Bonchev–Trinajstić information content (AvgIpc) is 2.60. The predicted molar refractivity (Wildman–Crippen MR) is 71.8 cm³/mol. The monoisotopic (exact) mass is 277 g/mol. The SMILES string of the molecule is C[C@H]1C[C@]2(CCN1)C(=O)NC(=O)N2c1cccc(F)c1. The van der Waals surface area contributed by atoms with Crippen LogP contribution in [0.5, 0.6) is 0 Å². The van der Waals surface area contributed by atoms with Crippen molar-refractivity contribution in [3.8, 4) is 0 Å². The summed E-state index contributed by atoms with van der Waals surface area (Å²) in [6, 6.07) is 5.43. The van der Waals surface area contributed by atoms with Crippen LogP contribution in [0.4, 0.5) is 14.9 Å². The molecule has 20 heavy (non-hydrogen) atoms. The Hall–Kier alpha value is -1.95. The van der Waals surface area contributed by atoms with Crippen LogP contribution < -0.4 is 15.5 Å². The third-order valence-corrected chi connectivity index (χ3v) is 4.02. The fourth-order valence-corrected chi connectivity index (χ4v) is 3.16. The summed E-state index contributed by atoms with van der Waals surface area (Å²) in [5, 5.41) is 5.62. The molecule has 2 aliphatic heterocycles. The van der Waals surface area contributed by atoms with E-state index < -0.39 is 17.4 Å². The lowest BCUT2D eigenvalue weighted by Crippen LogP contribution is -2.58. The highest BCUT2D eigenvalue weighted by molar-refractivity contribution is 6.17. The third-order valence-electron chi connectivity index (χ3n) is 4.02. The Bertz CT molecular complexity index is 577. The Morgan fingerprint density at radius 2 is 2.20 bits per heavy atom. The minimum atomic E-state index is -0.907. The van der Waals surface area contributed by atoms with Crippen molar-refractivity contribution in [2.45, 2.75) is 31.3 Å². The number of anilines is 1. The summed E-state index contributed by atoms with van der Waals surface area (Å²) in [7, 11) is 0. The van der Waals surface area contributed by atoms with Crippen molar-refractivity contribution < 1.29 is 14.0 Å². The summed E-state index contributed by atoms with van der Waals surface area (Å²) in [5.74, 6) is -0.716. The van der Waals surface area contributed by atoms with Crippen molar-refractivity contribution in [2.24, 2.45) is 0 Å². The van der Waals surface area contributed by atoms with Gasteiger partial charge in [0.1, 0.15) is 11.4 Å². The smallest absolute Gasteiger partial charge is 0.314 e. The van der Waals surface area contributed by atoms with Gasteiger partial charge in [-0.3, -0.25) is 15.0 Å². The van der Waals surface area contributed by atoms with E-state index in [2.05, 4.69) is 10.6 Å². The van der Waals surface area contributed by atoms with Crippen LogP contribution in [-0.4, -0.2) is 30.1 Å². The number of urea groups is 1. The fourth-order valence-electron chi connectivity index (χ4n) is 3.16. The number of piperidine rings is 1. The number of benzene rings is 1. The molecule has 0 bridgehead atoms. The summed E-state index contributed by atoms with van der Waals surface area (Å²) >= 11 is 0. The molecule has 3 amide bonds. The first kappa shape index (κ1) is 13.1. The number of nitrogens with one attached hydrogen (secondary N) is 2. The van der Waals surface area contributed by atoms with Gasteiger partial charge in [0.05, 0.1) is 0 Å². The zero-order valence-electron chi connectivity index (χ0n) is 11.1. The lowest BCUT2D eigenvalue weighted by molar-refractivity contribution is -0.124. The largest absolute Gasteiger partial charge is 0.329 e. The van der Waals surface area contributed by atoms with Gasteiger partial charge in [-0.15, -0.1) is 0 Å². The minimum absolute atomic E-state index is 0.122. The molecule has 3 rings (SSSR count). The van der Waals surface area contributed by atoms with E-state index in [4.69, 9.17) is 0 Å². The second kappa shape index (κ2) is 4.56. The number of carbonyl (C=O) groups excluding carboxylic acids is 2. The molecule has 6 heteroatoms. The van der Waals surface area contributed by atoms with E-state index in [0.717, 1.165) is 0 Å². The molecule has 106 valence electrons. The highest BCUT2D eigenvalue weighted by Gasteiger charge is 2.54. The number of nitrogens with zero attached hydrogens (tertiary/aromatic N) is 1. The number of amides is 3. The lowest BCUT2D eigenvalue weighted by atomic mass is 9.83. The Morgan fingerprint density at radius 1 is 1.40 bits per heavy atom. The Kier molecular flexibility index (Phi) is 2.97. The maximum Gasteiger partial charge on any atom is 0.329 e. The van der Waals surface area contributed by atoms with Gasteiger partial charge in [-0.25, -0.2) is 9.18 Å². The first-order valence-corrected chi connectivity index (χ1v) is 6.67. The van der Waals surface area contributed by atoms with Gasteiger partial charge in [0.25, 0.3) is 5.91 Å². The highest BCUT2D eigenvalue weighted by atomic mass is 19.1. The summed E-state index contributed by atoms with van der Waals surface area (Å²) in [5.41, 5.74) is -0.488. The van der Waals surface area contributed by atoms with E-state index in [1.165, 1.54) is 17.0 Å². The van der Waals surface area contributed by atoms with Crippen molar-refractivity contribution in [3.05, 3.63) is 30.1 Å². The van der Waals surface area contributed by atoms with E-state index in [0.29, 0.717) is 25.1 Å². The van der Waals surface area contributed by atoms with Gasteiger partial charge in [0.15, 0.2) is 0 Å². The summed E-state index contributed by atoms with van der Waals surface area (Å²) in [6.45, 7) is 2.62. The molecule has 1 aromatic rings. The van der Waals surface area contributed by atoms with Gasteiger partial charge in [-0.05, 0) is 44.5 Å². The zero-order chi connectivity index (χ0) is 14.3. The van der Waals surface area contributed by atoms with Gasteiger partial charge in [-0.1, -0.05) is 6.07 Å². The molecule has 2 heterocycles. The Labute approximate surface area is 116 Å². The van der Waals surface area contributed by atoms with E-state index in [9.17, 15) is 14.0 Å². The number of carbonyl (C=O) groups is 2. The molecule has 5 nitrogen and oxygen atoms in total. The van der Waals surface area contributed by atoms with Crippen molar-refractivity contribution >= 4 is 17.6 Å². The molecule has 2 aliphatic rings. The molecule has 0 aliphatic carbocycles. The molecule has 1 aromatic carbocycles. The first-order valence-electron chi connectivity index (χ1n) is 6.67. The number of imide groups is 1.